The fourth-order valence-corrected chi connectivity index (χ4v) is 4.54. The van der Waals surface area contributed by atoms with Crippen LogP contribution in [0.5, 0.6) is 0 Å². The van der Waals surface area contributed by atoms with Crippen LogP contribution in [-0.2, 0) is 6.42 Å². The topological polar surface area (TPSA) is 69.6 Å². The number of hydrogen-bond acceptors (Lipinski definition) is 6. The van der Waals surface area contributed by atoms with Crippen LogP contribution in [0.15, 0.2) is 41.5 Å². The number of nitrogens with zero attached hydrogens (tertiary/aromatic N) is 6. The molecule has 1 unspecified atom stereocenters. The molecular weight excluding hydrogens is 399 g/mol. The van der Waals surface area contributed by atoms with Gasteiger partial charge in [-0.1, -0.05) is 42.4 Å². The van der Waals surface area contributed by atoms with Crippen molar-refractivity contribution in [2.75, 3.05) is 17.8 Å². The molecular formula is C19H16ClFN6S. The third-order valence-corrected chi connectivity index (χ3v) is 6.17. The van der Waals surface area contributed by atoms with Gasteiger partial charge in [0.15, 0.2) is 5.65 Å². The summed E-state index contributed by atoms with van der Waals surface area (Å²) in [6, 6.07) is 10.1. The average Bonchev–Trinajstić information content (AvgIpc) is 3.29. The molecule has 6 nitrogen and oxygen atoms in total. The lowest BCUT2D eigenvalue weighted by molar-refractivity contribution is 0.627. The van der Waals surface area contributed by atoms with E-state index in [1.807, 2.05) is 18.9 Å². The summed E-state index contributed by atoms with van der Waals surface area (Å²) in [5, 5.41) is 15.2. The van der Waals surface area contributed by atoms with Crippen LogP contribution >= 0.6 is 23.4 Å². The monoisotopic (exact) mass is 414 g/mol. The number of aromatic nitrogens is 3. The number of nitriles is 1. The Bertz CT molecular complexity index is 1120. The maximum atomic E-state index is 13.4. The van der Waals surface area contributed by atoms with E-state index in [4.69, 9.17) is 11.6 Å². The van der Waals surface area contributed by atoms with Crippen molar-refractivity contribution in [1.29, 1.82) is 5.26 Å². The predicted molar refractivity (Wildman–Crippen MR) is 110 cm³/mol. The highest BCUT2D eigenvalue weighted by Gasteiger charge is 2.47. The summed E-state index contributed by atoms with van der Waals surface area (Å²) in [4.78, 5) is 9.76. The summed E-state index contributed by atoms with van der Waals surface area (Å²) in [5.74, 6) is 0.0973. The van der Waals surface area contributed by atoms with Crippen molar-refractivity contribution in [3.8, 4) is 6.07 Å². The summed E-state index contributed by atoms with van der Waals surface area (Å²) in [6.07, 6.45) is 2.41. The maximum absolute atomic E-state index is 13.4. The van der Waals surface area contributed by atoms with E-state index < -0.39 is 4.87 Å². The van der Waals surface area contributed by atoms with Gasteiger partial charge in [0.1, 0.15) is 22.7 Å². The number of rotatable bonds is 4. The largest absolute Gasteiger partial charge is 0.338 e. The molecule has 0 N–H and O–H groups in total. The molecule has 3 aromatic rings. The van der Waals surface area contributed by atoms with Gasteiger partial charge in [-0.05, 0) is 24.6 Å². The molecule has 142 valence electrons. The number of thioether (sulfide) groups is 1. The highest BCUT2D eigenvalue weighted by atomic mass is 35.5. The van der Waals surface area contributed by atoms with Gasteiger partial charge in [-0.2, -0.15) is 10.4 Å². The molecule has 1 aromatic carbocycles. The molecule has 3 heterocycles. The Balaban J connectivity index is 1.88. The van der Waals surface area contributed by atoms with E-state index in [0.29, 0.717) is 34.4 Å². The molecule has 1 atom stereocenters. The van der Waals surface area contributed by atoms with E-state index in [0.717, 1.165) is 11.4 Å². The minimum absolute atomic E-state index is 0.333. The van der Waals surface area contributed by atoms with Gasteiger partial charge >= 0.3 is 0 Å². The smallest absolute Gasteiger partial charge is 0.219 e. The number of aryl methyl sites for hydroxylation is 1. The highest BCUT2D eigenvalue weighted by Crippen LogP contribution is 2.42. The van der Waals surface area contributed by atoms with Gasteiger partial charge in [-0.3, -0.25) is 4.99 Å². The Kier molecular flexibility index (Phi) is 4.73. The van der Waals surface area contributed by atoms with Crippen molar-refractivity contribution >= 4 is 40.4 Å². The van der Waals surface area contributed by atoms with E-state index in [9.17, 15) is 9.65 Å². The zero-order valence-corrected chi connectivity index (χ0v) is 16.8. The second-order valence-corrected chi connectivity index (χ2v) is 7.79. The minimum Gasteiger partial charge on any atom is -0.338 e. The molecule has 0 radical (unpaired) electrons. The predicted octanol–water partition coefficient (Wildman–Crippen LogP) is 3.93. The zero-order valence-electron chi connectivity index (χ0n) is 15.2. The molecule has 0 bridgehead atoms. The van der Waals surface area contributed by atoms with Crippen LogP contribution in [-0.4, -0.2) is 38.1 Å². The number of fused-ring (bicyclic) bond motifs is 1. The summed E-state index contributed by atoms with van der Waals surface area (Å²) in [6.45, 7) is 2.00. The van der Waals surface area contributed by atoms with Crippen molar-refractivity contribution < 1.29 is 4.39 Å². The summed E-state index contributed by atoms with van der Waals surface area (Å²) >= 11 is 7.52. The van der Waals surface area contributed by atoms with Crippen LogP contribution in [0.4, 0.5) is 10.1 Å². The number of likely N-dealkylation sites (N-methyl/N-ethyl adjacent to an activating group) is 1. The van der Waals surface area contributed by atoms with Crippen LogP contribution in [0.2, 0.25) is 5.15 Å². The van der Waals surface area contributed by atoms with Crippen molar-refractivity contribution in [2.24, 2.45) is 4.99 Å². The highest BCUT2D eigenvalue weighted by molar-refractivity contribution is 8.02. The third kappa shape index (κ3) is 2.82. The fraction of sp³-hybridized carbons (Fsp3) is 0.263. The van der Waals surface area contributed by atoms with Crippen LogP contribution in [0, 0.1) is 17.1 Å². The summed E-state index contributed by atoms with van der Waals surface area (Å²) in [5.41, 5.74) is 3.41. The van der Waals surface area contributed by atoms with Gasteiger partial charge in [-0.25, -0.2) is 13.9 Å². The van der Waals surface area contributed by atoms with Gasteiger partial charge in [0.2, 0.25) is 4.87 Å². The Labute approximate surface area is 170 Å². The van der Waals surface area contributed by atoms with Gasteiger partial charge < -0.3 is 4.90 Å². The van der Waals surface area contributed by atoms with Crippen LogP contribution in [0.25, 0.3) is 5.65 Å². The van der Waals surface area contributed by atoms with Crippen LogP contribution in [0.1, 0.15) is 18.2 Å². The third-order valence-electron chi connectivity index (χ3n) is 4.73. The number of halogens is 2. The van der Waals surface area contributed by atoms with Crippen molar-refractivity contribution in [3.63, 3.8) is 0 Å². The maximum Gasteiger partial charge on any atom is 0.219 e. The molecule has 0 saturated heterocycles. The van der Waals surface area contributed by atoms with Crippen molar-refractivity contribution in [2.45, 2.75) is 18.2 Å². The van der Waals surface area contributed by atoms with E-state index in [2.05, 4.69) is 21.1 Å². The first-order valence-electron chi connectivity index (χ1n) is 8.64. The van der Waals surface area contributed by atoms with E-state index >= 15 is 0 Å². The van der Waals surface area contributed by atoms with Crippen LogP contribution < -0.4 is 4.90 Å². The summed E-state index contributed by atoms with van der Waals surface area (Å²) < 4.78 is 15.1. The Morgan fingerprint density at radius 1 is 1.36 bits per heavy atom. The first-order valence-corrected chi connectivity index (χ1v) is 10.00. The van der Waals surface area contributed by atoms with Gasteiger partial charge in [-0.15, -0.1) is 0 Å². The molecule has 1 aliphatic rings. The molecule has 0 spiro atoms. The quantitative estimate of drug-likeness (QED) is 0.605. The Morgan fingerprint density at radius 3 is 2.79 bits per heavy atom. The molecule has 0 saturated carbocycles. The molecule has 0 amide bonds. The van der Waals surface area contributed by atoms with Crippen molar-refractivity contribution in [3.05, 3.63) is 58.8 Å². The first-order chi connectivity index (χ1) is 13.5. The van der Waals surface area contributed by atoms with E-state index in [-0.39, 0.29) is 5.82 Å². The second-order valence-electron chi connectivity index (χ2n) is 6.27. The summed E-state index contributed by atoms with van der Waals surface area (Å²) in [7, 11) is 1.83. The lowest BCUT2D eigenvalue weighted by atomic mass is 10.0. The SMILES string of the molecule is CCc1nn2ccc(Cl)nc2c1N(C)C1(C#N)SCN=C1c1ccc(F)cc1. The van der Waals surface area contributed by atoms with Gasteiger partial charge in [0, 0.05) is 18.8 Å². The molecule has 4 rings (SSSR count). The number of anilines is 1. The molecule has 2 aromatic heterocycles. The minimum atomic E-state index is -1.09. The zero-order chi connectivity index (χ0) is 19.9. The van der Waals surface area contributed by atoms with E-state index in [1.165, 1.54) is 23.9 Å². The Hall–Kier alpha value is -2.63. The number of benzene rings is 1. The lowest BCUT2D eigenvalue weighted by Crippen LogP contribution is -2.48. The normalized spacial score (nSPS) is 18.9. The molecule has 1 aliphatic heterocycles. The average molecular weight is 415 g/mol. The second kappa shape index (κ2) is 7.08. The Morgan fingerprint density at radius 2 is 2.11 bits per heavy atom. The molecule has 28 heavy (non-hydrogen) atoms. The molecule has 0 fully saturated rings. The molecule has 9 heteroatoms. The van der Waals surface area contributed by atoms with Gasteiger partial charge in [0.25, 0.3) is 0 Å². The van der Waals surface area contributed by atoms with Crippen LogP contribution in [0.3, 0.4) is 0 Å². The number of aliphatic imine (C=N–C) groups is 1. The lowest BCUT2D eigenvalue weighted by Gasteiger charge is -2.34. The molecule has 0 aliphatic carbocycles. The van der Waals surface area contributed by atoms with Gasteiger partial charge in [0.05, 0.1) is 17.3 Å². The number of hydrogen-bond donors (Lipinski definition) is 0. The standard InChI is InChI=1S/C19H16ClFN6S/c1-3-14-16(18-24-15(20)8-9-27(18)25-14)26(2)19(10-22)17(23-11-28-19)12-4-6-13(21)7-5-12/h4-9H,3,11H2,1-2H3. The first kappa shape index (κ1) is 18.7. The fourth-order valence-electron chi connectivity index (χ4n) is 3.36. The van der Waals surface area contributed by atoms with Crippen molar-refractivity contribution in [1.82, 2.24) is 14.6 Å². The van der Waals surface area contributed by atoms with E-state index in [1.54, 1.807) is 28.9 Å².